The molecule has 0 saturated heterocycles. The van der Waals surface area contributed by atoms with E-state index in [1.807, 2.05) is 6.08 Å². The van der Waals surface area contributed by atoms with Gasteiger partial charge in [-0.2, -0.15) is 0 Å². The summed E-state index contributed by atoms with van der Waals surface area (Å²) in [6.07, 6.45) is 81.6. The molecule has 0 saturated carbocycles. The molecule has 0 radical (unpaired) electrons. The number of hydrogen-bond donors (Lipinski definition) is 3. The van der Waals surface area contributed by atoms with Gasteiger partial charge in [0.2, 0.25) is 5.91 Å². The predicted octanol–water partition coefficient (Wildman–Crippen LogP) is 20.9. The van der Waals surface area contributed by atoms with Crippen molar-refractivity contribution in [2.75, 3.05) is 13.2 Å². The number of amides is 1. The summed E-state index contributed by atoms with van der Waals surface area (Å²) in [4.78, 5) is 24.5. The number of carbonyl (C=O) groups is 2. The van der Waals surface area contributed by atoms with Crippen LogP contribution in [0.25, 0.3) is 0 Å². The topological polar surface area (TPSA) is 95.9 Å². The smallest absolute Gasteiger partial charge is 0.305 e. The number of carbonyl (C=O) groups excluding carboxylic acids is 2. The van der Waals surface area contributed by atoms with Crippen LogP contribution in [0.1, 0.15) is 348 Å². The SMILES string of the molecule is CCCCC/C=C\C/C=C\CCCCCCCC(=O)OCCCCCCCCCCCCCC/C=C\CCCCCCCCCCCCC(=O)NC(CO)C(O)/C=C/CCCCCCCCCCCCCCCC. The maximum Gasteiger partial charge on any atom is 0.305 e. The molecule has 0 rings (SSSR count). The first-order chi connectivity index (χ1) is 36.5. The van der Waals surface area contributed by atoms with Gasteiger partial charge >= 0.3 is 5.97 Å². The maximum atomic E-state index is 12.5. The number of esters is 1. The zero-order chi connectivity index (χ0) is 53.6. The zero-order valence-corrected chi connectivity index (χ0v) is 49.6. The Morgan fingerprint density at radius 2 is 0.676 bits per heavy atom. The average Bonchev–Trinajstić information content (AvgIpc) is 3.40. The molecule has 434 valence electrons. The van der Waals surface area contributed by atoms with E-state index >= 15 is 0 Å². The molecule has 1 amide bonds. The third kappa shape index (κ3) is 59.1. The second kappa shape index (κ2) is 63.4. The van der Waals surface area contributed by atoms with Crippen molar-refractivity contribution in [1.82, 2.24) is 5.32 Å². The van der Waals surface area contributed by atoms with Gasteiger partial charge in [-0.05, 0) is 89.9 Å². The van der Waals surface area contributed by atoms with Gasteiger partial charge in [0.15, 0.2) is 0 Å². The minimum absolute atomic E-state index is 0.000261. The summed E-state index contributed by atoms with van der Waals surface area (Å²) >= 11 is 0. The summed E-state index contributed by atoms with van der Waals surface area (Å²) in [5, 5.41) is 23.2. The lowest BCUT2D eigenvalue weighted by molar-refractivity contribution is -0.143. The van der Waals surface area contributed by atoms with Gasteiger partial charge in [-0.1, -0.05) is 294 Å². The molecule has 0 fully saturated rings. The van der Waals surface area contributed by atoms with E-state index < -0.39 is 12.1 Å². The van der Waals surface area contributed by atoms with Crippen molar-refractivity contribution in [3.8, 4) is 0 Å². The number of rotatable bonds is 61. The van der Waals surface area contributed by atoms with Crippen LogP contribution in [0, 0.1) is 0 Å². The number of nitrogens with one attached hydrogen (secondary N) is 1. The molecular weight excluding hydrogens is 911 g/mol. The minimum atomic E-state index is -0.846. The Bertz CT molecular complexity index is 1240. The highest BCUT2D eigenvalue weighted by Crippen LogP contribution is 2.17. The Hall–Kier alpha value is -2.18. The van der Waals surface area contributed by atoms with Crippen LogP contribution >= 0.6 is 0 Å². The number of allylic oxidation sites excluding steroid dienone is 7. The third-order valence-electron chi connectivity index (χ3n) is 15.1. The van der Waals surface area contributed by atoms with E-state index in [1.165, 1.54) is 270 Å². The molecule has 2 unspecified atom stereocenters. The highest BCUT2D eigenvalue weighted by Gasteiger charge is 2.18. The molecule has 6 nitrogen and oxygen atoms in total. The lowest BCUT2D eigenvalue weighted by Crippen LogP contribution is -2.45. The predicted molar refractivity (Wildman–Crippen MR) is 324 cm³/mol. The normalized spacial score (nSPS) is 12.9. The van der Waals surface area contributed by atoms with Crippen molar-refractivity contribution in [2.24, 2.45) is 0 Å². The second-order valence-electron chi connectivity index (χ2n) is 22.4. The first-order valence-corrected chi connectivity index (χ1v) is 32.9. The van der Waals surface area contributed by atoms with Crippen molar-refractivity contribution in [1.29, 1.82) is 0 Å². The molecule has 0 aromatic heterocycles. The summed E-state index contributed by atoms with van der Waals surface area (Å²) in [5.41, 5.74) is 0. The highest BCUT2D eigenvalue weighted by molar-refractivity contribution is 5.76. The van der Waals surface area contributed by atoms with E-state index in [9.17, 15) is 19.8 Å². The van der Waals surface area contributed by atoms with Crippen LogP contribution in [0.2, 0.25) is 0 Å². The Morgan fingerprint density at radius 1 is 0.378 bits per heavy atom. The largest absolute Gasteiger partial charge is 0.466 e. The standard InChI is InChI=1S/C68H127NO5/c1-3-5-7-9-11-13-15-17-19-33-36-40-44-48-52-56-60-66(71)65(64-70)69-67(72)61-57-53-49-45-41-37-34-30-28-26-24-22-20-21-23-25-27-29-31-35-39-43-47-51-55-59-63-74-68(73)62-58-54-50-46-42-38-32-18-16-14-12-10-8-6-4-2/h12,14,18,20,22,32,56,60,65-66,70-71H,3-11,13,15-17,19,21,23-31,33-55,57-59,61-64H2,1-2H3,(H,69,72)/b14-12-,22-20-,32-18-,60-56+. The lowest BCUT2D eigenvalue weighted by Gasteiger charge is -2.20. The van der Waals surface area contributed by atoms with Crippen molar-refractivity contribution >= 4 is 11.9 Å². The van der Waals surface area contributed by atoms with E-state index in [1.54, 1.807) is 6.08 Å². The van der Waals surface area contributed by atoms with Gasteiger partial charge in [-0.15, -0.1) is 0 Å². The fourth-order valence-electron chi connectivity index (χ4n) is 10.0. The second-order valence-corrected chi connectivity index (χ2v) is 22.4. The molecule has 0 aromatic rings. The van der Waals surface area contributed by atoms with Gasteiger partial charge in [-0.3, -0.25) is 9.59 Å². The van der Waals surface area contributed by atoms with Crippen molar-refractivity contribution < 1.29 is 24.5 Å². The Kier molecular flexibility index (Phi) is 61.5. The van der Waals surface area contributed by atoms with Crippen LogP contribution < -0.4 is 5.32 Å². The van der Waals surface area contributed by atoms with E-state index in [0.717, 1.165) is 51.4 Å². The third-order valence-corrected chi connectivity index (χ3v) is 15.1. The quantitative estimate of drug-likeness (QED) is 0.0320. The molecule has 6 heteroatoms. The summed E-state index contributed by atoms with van der Waals surface area (Å²) in [5.74, 6) is -0.0688. The molecule has 0 aliphatic carbocycles. The number of unbranched alkanes of at least 4 members (excludes halogenated alkanes) is 44. The summed E-state index contributed by atoms with van der Waals surface area (Å²) in [6, 6.07) is -0.630. The molecule has 0 aliphatic heterocycles. The molecule has 3 N–H and O–H groups in total. The van der Waals surface area contributed by atoms with Crippen molar-refractivity contribution in [2.45, 2.75) is 360 Å². The summed E-state index contributed by atoms with van der Waals surface area (Å²) < 4.78 is 5.48. The van der Waals surface area contributed by atoms with Gasteiger partial charge < -0.3 is 20.3 Å². The van der Waals surface area contributed by atoms with Gasteiger partial charge in [0, 0.05) is 12.8 Å². The van der Waals surface area contributed by atoms with Crippen LogP contribution in [0.5, 0.6) is 0 Å². The maximum absolute atomic E-state index is 12.5. The molecular formula is C68H127NO5. The number of aliphatic hydroxyl groups excluding tert-OH is 2. The molecule has 2 atom stereocenters. The Balaban J connectivity index is 3.42. The summed E-state index contributed by atoms with van der Waals surface area (Å²) in [6.45, 7) is 4.89. The van der Waals surface area contributed by atoms with Crippen molar-refractivity contribution in [3.63, 3.8) is 0 Å². The van der Waals surface area contributed by atoms with E-state index in [4.69, 9.17) is 4.74 Å². The van der Waals surface area contributed by atoms with Crippen molar-refractivity contribution in [3.05, 3.63) is 48.6 Å². The molecule has 0 heterocycles. The van der Waals surface area contributed by atoms with Crippen LogP contribution in [-0.4, -0.2) is 47.4 Å². The van der Waals surface area contributed by atoms with E-state index in [-0.39, 0.29) is 18.5 Å². The molecule has 0 bridgehead atoms. The van der Waals surface area contributed by atoms with Gasteiger partial charge in [-0.25, -0.2) is 0 Å². The van der Waals surface area contributed by atoms with Gasteiger partial charge in [0.1, 0.15) is 0 Å². The number of aliphatic hydroxyl groups is 2. The van der Waals surface area contributed by atoms with Gasteiger partial charge in [0.25, 0.3) is 0 Å². The molecule has 0 aliphatic rings. The lowest BCUT2D eigenvalue weighted by atomic mass is 10.0. The monoisotopic (exact) mass is 1040 g/mol. The fraction of sp³-hybridized carbons (Fsp3) is 0.853. The molecule has 74 heavy (non-hydrogen) atoms. The first kappa shape index (κ1) is 71.8. The minimum Gasteiger partial charge on any atom is -0.466 e. The van der Waals surface area contributed by atoms with E-state index in [2.05, 4.69) is 55.6 Å². The van der Waals surface area contributed by atoms with Crippen LogP contribution in [0.15, 0.2) is 48.6 Å². The number of ether oxygens (including phenoxy) is 1. The van der Waals surface area contributed by atoms with Crippen LogP contribution in [0.4, 0.5) is 0 Å². The van der Waals surface area contributed by atoms with Crippen LogP contribution in [0.3, 0.4) is 0 Å². The first-order valence-electron chi connectivity index (χ1n) is 32.9. The molecule has 0 spiro atoms. The zero-order valence-electron chi connectivity index (χ0n) is 49.6. The highest BCUT2D eigenvalue weighted by atomic mass is 16.5. The fourth-order valence-corrected chi connectivity index (χ4v) is 10.0. The Labute approximate surface area is 461 Å². The molecule has 0 aromatic carbocycles. The van der Waals surface area contributed by atoms with E-state index in [0.29, 0.717) is 19.4 Å². The average molecular weight is 1040 g/mol. The summed E-state index contributed by atoms with van der Waals surface area (Å²) in [7, 11) is 0. The Morgan fingerprint density at radius 3 is 1.07 bits per heavy atom. The van der Waals surface area contributed by atoms with Crippen LogP contribution in [-0.2, 0) is 14.3 Å². The van der Waals surface area contributed by atoms with Gasteiger partial charge in [0.05, 0.1) is 25.4 Å². The number of hydrogen-bond acceptors (Lipinski definition) is 5.